The third kappa shape index (κ3) is 8.36. The molecule has 2 saturated carbocycles. The quantitative estimate of drug-likeness (QED) is 0.127. The minimum Gasteiger partial charge on any atom is -0.480 e. The number of carboxylic acid groups (broad SMARTS) is 1. The molecule has 0 spiro atoms. The predicted octanol–water partition coefficient (Wildman–Crippen LogP) is 5.04. The standard InChI is InChI=1S/C15H23Cl2NO4.C6H7Cl2NO2.C2H2F2O2/c1-13(2,3)21-11(19)10-9-8(15(9,16)17)7-18(10)12(20)22-14(4,5)6;7-6(8)2-1-9-4(3(2)6)5(10)11;3-2(4)1-6-5/h8-10H,7H2,1-6H3;2-4,9H,1H2,(H,10,11);1,5H/t8-,9-,10-;2-,3-,4-;/m00./s1. The van der Waals surface area contributed by atoms with Crippen LogP contribution in [0.15, 0.2) is 12.3 Å². The van der Waals surface area contributed by atoms with Crippen LogP contribution in [0.1, 0.15) is 41.5 Å². The fraction of sp³-hybridized carbons (Fsp3) is 0.783. The van der Waals surface area contributed by atoms with E-state index in [1.807, 2.05) is 0 Å². The summed E-state index contributed by atoms with van der Waals surface area (Å²) in [5, 5.41) is 18.7. The Morgan fingerprint density at radius 3 is 1.79 bits per heavy atom. The minimum atomic E-state index is -2.06. The van der Waals surface area contributed by atoms with Crippen molar-refractivity contribution in [1.82, 2.24) is 10.2 Å². The Balaban J connectivity index is 0.000000258. The first-order valence-corrected chi connectivity index (χ1v) is 13.3. The Morgan fingerprint density at radius 2 is 1.46 bits per heavy atom. The maximum atomic E-state index is 12.5. The van der Waals surface area contributed by atoms with Gasteiger partial charge in [0.1, 0.15) is 32.0 Å². The number of fused-ring (bicyclic) bond motifs is 2. The molecule has 2 aliphatic heterocycles. The van der Waals surface area contributed by atoms with Crippen LogP contribution in [-0.4, -0.2) is 78.3 Å². The van der Waals surface area contributed by atoms with E-state index in [0.717, 1.165) is 0 Å². The van der Waals surface area contributed by atoms with Crippen LogP contribution in [0.5, 0.6) is 0 Å². The zero-order valence-corrected chi connectivity index (χ0v) is 25.0. The SMILES string of the molecule is CC(C)(C)OC(=O)[C@@H]1[C@@H]2[C@H](CN1C(=O)OC(C)(C)C)C2(Cl)Cl.O=C(O)[C@H]1NC[C@H]2[C@@H]1C2(Cl)Cl.OOC=C(F)F. The number of esters is 1. The number of carboxylic acids is 1. The average molecular weight is 644 g/mol. The molecule has 16 heteroatoms. The number of carbonyl (C=O) groups excluding carboxylic acids is 2. The van der Waals surface area contributed by atoms with Crippen LogP contribution in [0, 0.1) is 23.7 Å². The summed E-state index contributed by atoms with van der Waals surface area (Å²) in [5.41, 5.74) is -1.29. The van der Waals surface area contributed by atoms with Crippen molar-refractivity contribution in [1.29, 1.82) is 0 Å². The van der Waals surface area contributed by atoms with Crippen LogP contribution in [-0.2, 0) is 24.0 Å². The van der Waals surface area contributed by atoms with Crippen molar-refractivity contribution in [3.05, 3.63) is 12.3 Å². The van der Waals surface area contributed by atoms with Crippen molar-refractivity contribution < 1.29 is 47.9 Å². The van der Waals surface area contributed by atoms with E-state index in [1.54, 1.807) is 41.5 Å². The number of nitrogens with zero attached hydrogens (tertiary/aromatic N) is 1. The molecule has 0 aromatic heterocycles. The van der Waals surface area contributed by atoms with Gasteiger partial charge < -0.3 is 24.8 Å². The smallest absolute Gasteiger partial charge is 0.411 e. The normalized spacial score (nSPS) is 30.6. The summed E-state index contributed by atoms with van der Waals surface area (Å²) in [5.74, 6) is -1.75. The van der Waals surface area contributed by atoms with Crippen LogP contribution in [0.4, 0.5) is 13.6 Å². The minimum absolute atomic E-state index is 0.0694. The highest BCUT2D eigenvalue weighted by molar-refractivity contribution is 6.52. The Hall–Kier alpha value is -1.31. The van der Waals surface area contributed by atoms with Crippen molar-refractivity contribution in [2.24, 2.45) is 23.7 Å². The van der Waals surface area contributed by atoms with E-state index in [-0.39, 0.29) is 29.9 Å². The van der Waals surface area contributed by atoms with Crippen molar-refractivity contribution in [3.63, 3.8) is 0 Å². The van der Waals surface area contributed by atoms with Gasteiger partial charge in [0.15, 0.2) is 6.26 Å². The molecule has 3 N–H and O–H groups in total. The maximum Gasteiger partial charge on any atom is 0.411 e. The zero-order chi connectivity index (χ0) is 30.3. The number of hydrogen-bond acceptors (Lipinski definition) is 8. The third-order valence-corrected chi connectivity index (χ3v) is 8.33. The fourth-order valence-corrected chi connectivity index (χ4v) is 6.22. The van der Waals surface area contributed by atoms with Crippen LogP contribution in [0.2, 0.25) is 0 Å². The lowest BCUT2D eigenvalue weighted by atomic mass is 10.1. The average Bonchev–Trinajstić information content (AvgIpc) is 3.25. The zero-order valence-electron chi connectivity index (χ0n) is 22.0. The molecule has 39 heavy (non-hydrogen) atoms. The van der Waals surface area contributed by atoms with Crippen LogP contribution < -0.4 is 5.32 Å². The molecule has 2 heterocycles. The molecule has 0 aromatic rings. The number of amides is 1. The number of likely N-dealkylation sites (tertiary alicyclic amines) is 1. The molecule has 0 radical (unpaired) electrons. The number of ether oxygens (including phenoxy) is 2. The lowest BCUT2D eigenvalue weighted by Crippen LogP contribution is -2.49. The molecule has 6 atom stereocenters. The Kier molecular flexibility index (Phi) is 10.3. The van der Waals surface area contributed by atoms with Gasteiger partial charge in [0.25, 0.3) is 0 Å². The van der Waals surface area contributed by atoms with Crippen molar-refractivity contribution >= 4 is 64.4 Å². The van der Waals surface area contributed by atoms with Gasteiger partial charge in [-0.2, -0.15) is 8.78 Å². The van der Waals surface area contributed by atoms with Gasteiger partial charge in [0.2, 0.25) is 0 Å². The fourth-order valence-electron chi connectivity index (χ4n) is 4.54. The first-order valence-electron chi connectivity index (χ1n) is 11.8. The highest BCUT2D eigenvalue weighted by Gasteiger charge is 2.74. The summed E-state index contributed by atoms with van der Waals surface area (Å²) >= 11 is 24.0. The summed E-state index contributed by atoms with van der Waals surface area (Å²) < 4.78 is 30.2. The molecular weight excluding hydrogens is 612 g/mol. The number of hydrogen-bond donors (Lipinski definition) is 3. The lowest BCUT2D eigenvalue weighted by Gasteiger charge is -2.32. The molecule has 4 rings (SSSR count). The van der Waals surface area contributed by atoms with Gasteiger partial charge >= 0.3 is 24.1 Å². The summed E-state index contributed by atoms with van der Waals surface area (Å²) in [6.45, 7) is 11.6. The van der Waals surface area contributed by atoms with E-state index in [4.69, 9.17) is 66.2 Å². The predicted molar refractivity (Wildman–Crippen MR) is 139 cm³/mol. The number of aliphatic carboxylic acids is 1. The van der Waals surface area contributed by atoms with Crippen molar-refractivity contribution in [2.45, 2.75) is 73.5 Å². The van der Waals surface area contributed by atoms with Crippen LogP contribution in [0.25, 0.3) is 0 Å². The van der Waals surface area contributed by atoms with Crippen LogP contribution >= 0.6 is 46.4 Å². The highest BCUT2D eigenvalue weighted by Crippen LogP contribution is 2.65. The molecule has 224 valence electrons. The first-order chi connectivity index (χ1) is 17.6. The van der Waals surface area contributed by atoms with E-state index >= 15 is 0 Å². The topological polar surface area (TPSA) is 135 Å². The van der Waals surface area contributed by atoms with E-state index in [0.29, 0.717) is 13.1 Å². The molecule has 10 nitrogen and oxygen atoms in total. The number of piperidine rings is 2. The molecule has 2 saturated heterocycles. The summed E-state index contributed by atoms with van der Waals surface area (Å²) in [7, 11) is 0. The molecule has 0 bridgehead atoms. The monoisotopic (exact) mass is 642 g/mol. The molecule has 0 unspecified atom stereocenters. The van der Waals surface area contributed by atoms with Crippen molar-refractivity contribution in [3.8, 4) is 0 Å². The Labute approximate surface area is 244 Å². The maximum absolute atomic E-state index is 12.5. The molecule has 1 amide bonds. The largest absolute Gasteiger partial charge is 0.480 e. The summed E-state index contributed by atoms with van der Waals surface area (Å²) in [6.07, 6.45) is -2.67. The lowest BCUT2D eigenvalue weighted by molar-refractivity contribution is -0.189. The second-order valence-corrected chi connectivity index (χ2v) is 14.4. The first kappa shape index (κ1) is 33.9. The number of carbonyl (C=O) groups is 3. The van der Waals surface area contributed by atoms with Gasteiger partial charge in [0.05, 0.1) is 0 Å². The number of halogens is 6. The third-order valence-electron chi connectivity index (χ3n) is 6.20. The second-order valence-electron chi connectivity index (χ2n) is 11.5. The van der Waals surface area contributed by atoms with Crippen molar-refractivity contribution in [2.75, 3.05) is 13.1 Å². The van der Waals surface area contributed by atoms with Gasteiger partial charge in [-0.25, -0.2) is 14.8 Å². The molecule has 4 aliphatic rings. The van der Waals surface area contributed by atoms with Crippen LogP contribution in [0.3, 0.4) is 0 Å². The summed E-state index contributed by atoms with van der Waals surface area (Å²) in [4.78, 5) is 39.6. The van der Waals surface area contributed by atoms with E-state index in [1.165, 1.54) is 4.90 Å². The van der Waals surface area contributed by atoms with E-state index < -0.39 is 56.1 Å². The molecule has 4 fully saturated rings. The number of alkyl halides is 4. The van der Waals surface area contributed by atoms with Gasteiger partial charge in [-0.05, 0) is 41.5 Å². The number of nitrogens with one attached hydrogen (secondary N) is 1. The molecular formula is C23H32Cl4F2N2O8. The molecule has 2 aliphatic carbocycles. The highest BCUT2D eigenvalue weighted by atomic mass is 35.5. The Morgan fingerprint density at radius 1 is 0.949 bits per heavy atom. The van der Waals surface area contributed by atoms with Gasteiger partial charge in [-0.1, -0.05) is 0 Å². The van der Waals surface area contributed by atoms with Gasteiger partial charge in [-0.3, -0.25) is 9.69 Å². The van der Waals surface area contributed by atoms with Gasteiger partial charge in [0, 0.05) is 36.8 Å². The summed E-state index contributed by atoms with van der Waals surface area (Å²) in [6, 6.07) is -1.34. The van der Waals surface area contributed by atoms with E-state index in [2.05, 4.69) is 10.2 Å². The Bertz CT molecular complexity index is 982. The van der Waals surface area contributed by atoms with Gasteiger partial charge in [-0.15, -0.1) is 46.4 Å². The van der Waals surface area contributed by atoms with E-state index in [9.17, 15) is 23.2 Å². The number of rotatable bonds is 3. The second kappa shape index (κ2) is 11.9. The molecule has 0 aromatic carbocycles.